The topological polar surface area (TPSA) is 26.0 Å². The Morgan fingerprint density at radius 3 is 1.86 bits per heavy atom. The summed E-state index contributed by atoms with van der Waals surface area (Å²) in [4.78, 5) is 0. The zero-order valence-corrected chi connectivity index (χ0v) is 6.73. The van der Waals surface area contributed by atoms with Crippen molar-refractivity contribution >= 4 is 21.9 Å². The third-order valence-corrected chi connectivity index (χ3v) is 2.23. The molecule has 0 fully saturated rings. The molecule has 0 rings (SSSR count). The van der Waals surface area contributed by atoms with Crippen LogP contribution in [0.4, 0.5) is 0 Å². The summed E-state index contributed by atoms with van der Waals surface area (Å²) in [7, 11) is 2.50. The predicted molar refractivity (Wildman–Crippen MR) is 40.8 cm³/mol. The van der Waals surface area contributed by atoms with Crippen molar-refractivity contribution in [2.45, 2.75) is 24.4 Å². The first kappa shape index (κ1) is 7.74. The Morgan fingerprint density at radius 1 is 1.71 bits per heavy atom. The summed E-state index contributed by atoms with van der Waals surface area (Å²) in [5.74, 6) is 0.0795. The van der Waals surface area contributed by atoms with E-state index in [1.807, 2.05) is 13.8 Å². The van der Waals surface area contributed by atoms with Crippen LogP contribution < -0.4 is 5.73 Å². The molecule has 0 aromatic carbocycles. The van der Waals surface area contributed by atoms with E-state index in [1.165, 1.54) is 0 Å². The van der Waals surface area contributed by atoms with Gasteiger partial charge in [-0.15, -0.1) is 9.24 Å². The maximum Gasteiger partial charge on any atom is 0.0325 e. The Kier molecular flexibility index (Phi) is 2.59. The largest absolute Gasteiger partial charge is 0.323 e. The van der Waals surface area contributed by atoms with Gasteiger partial charge in [0.15, 0.2) is 0 Å². The Balaban J connectivity index is 3.54. The van der Waals surface area contributed by atoms with Gasteiger partial charge in [0.2, 0.25) is 0 Å². The molecule has 0 amide bonds. The molecule has 3 heteroatoms. The van der Waals surface area contributed by atoms with E-state index < -0.39 is 0 Å². The number of nitrogens with two attached hydrogens (primary N) is 1. The van der Waals surface area contributed by atoms with Crippen LogP contribution in [0.1, 0.15) is 13.8 Å². The molecule has 2 unspecified atom stereocenters. The molecule has 0 radical (unpaired) electrons. The molecule has 0 aliphatic carbocycles. The Bertz CT molecular complexity index is 57.2. The molecule has 0 aliphatic rings. The average molecular weight is 137 g/mol. The van der Waals surface area contributed by atoms with Crippen molar-refractivity contribution in [2.75, 3.05) is 0 Å². The average Bonchev–Trinajstić information content (AvgIpc) is 1.31. The summed E-state index contributed by atoms with van der Waals surface area (Å²) in [5.41, 5.74) is 5.46. The fourth-order valence-electron chi connectivity index (χ4n) is 0. The van der Waals surface area contributed by atoms with E-state index in [0.29, 0.717) is 0 Å². The molecule has 0 spiro atoms. The lowest BCUT2D eigenvalue weighted by Gasteiger charge is -2.21. The number of rotatable bonds is 1. The second kappa shape index (κ2) is 2.34. The summed E-state index contributed by atoms with van der Waals surface area (Å²) in [6, 6.07) is 0. The normalized spacial score (nSPS) is 16.7. The van der Waals surface area contributed by atoms with Gasteiger partial charge in [0, 0.05) is 10.5 Å². The summed E-state index contributed by atoms with van der Waals surface area (Å²) in [6.45, 7) is 3.96. The van der Waals surface area contributed by atoms with Crippen LogP contribution in [0.25, 0.3) is 0 Å². The van der Waals surface area contributed by atoms with Gasteiger partial charge in [-0.1, -0.05) is 0 Å². The molecule has 0 aliphatic heterocycles. The van der Waals surface area contributed by atoms with Gasteiger partial charge in [-0.05, 0) is 13.8 Å². The van der Waals surface area contributed by atoms with Gasteiger partial charge < -0.3 is 5.73 Å². The van der Waals surface area contributed by atoms with Crippen LogP contribution in [0.5, 0.6) is 0 Å². The highest BCUT2D eigenvalue weighted by Gasteiger charge is 2.15. The molecule has 0 aromatic rings. The zero-order valence-electron chi connectivity index (χ0n) is 4.68. The van der Waals surface area contributed by atoms with E-state index in [0.717, 1.165) is 0 Å². The molecule has 7 heavy (non-hydrogen) atoms. The standard InChI is InChI=1S/C4H12NPS/c1-4(2,7)3(5)6/h3,7H,5-6H2,1-2H3. The van der Waals surface area contributed by atoms with Crippen LogP contribution in [-0.2, 0) is 0 Å². The summed E-state index contributed by atoms with van der Waals surface area (Å²) in [6.07, 6.45) is 0. The third-order valence-electron chi connectivity index (χ3n) is 0.816. The van der Waals surface area contributed by atoms with Crippen LogP contribution in [0.15, 0.2) is 0 Å². The fourth-order valence-corrected chi connectivity index (χ4v) is 0. The van der Waals surface area contributed by atoms with Crippen molar-refractivity contribution in [3.8, 4) is 0 Å². The highest BCUT2D eigenvalue weighted by atomic mass is 32.1. The minimum Gasteiger partial charge on any atom is -0.323 e. The van der Waals surface area contributed by atoms with Gasteiger partial charge in [0.25, 0.3) is 0 Å². The van der Waals surface area contributed by atoms with Crippen molar-refractivity contribution in [1.29, 1.82) is 0 Å². The van der Waals surface area contributed by atoms with Gasteiger partial charge in [-0.25, -0.2) is 0 Å². The number of hydrogen-bond donors (Lipinski definition) is 2. The quantitative estimate of drug-likeness (QED) is 0.407. The fraction of sp³-hybridized carbons (Fsp3) is 1.00. The lowest BCUT2D eigenvalue weighted by atomic mass is 10.2. The summed E-state index contributed by atoms with van der Waals surface area (Å²) in [5, 5.41) is 0. The van der Waals surface area contributed by atoms with E-state index in [1.54, 1.807) is 0 Å². The first-order valence-corrected chi connectivity index (χ1v) is 3.29. The van der Waals surface area contributed by atoms with E-state index in [-0.39, 0.29) is 10.5 Å². The smallest absolute Gasteiger partial charge is 0.0325 e. The van der Waals surface area contributed by atoms with Crippen molar-refractivity contribution in [3.05, 3.63) is 0 Å². The molecule has 0 saturated heterocycles. The van der Waals surface area contributed by atoms with Crippen molar-refractivity contribution in [3.63, 3.8) is 0 Å². The maximum absolute atomic E-state index is 5.46. The molecular weight excluding hydrogens is 125 g/mol. The number of hydrogen-bond acceptors (Lipinski definition) is 2. The Morgan fingerprint density at radius 2 is 1.86 bits per heavy atom. The lowest BCUT2D eigenvalue weighted by molar-refractivity contribution is 0.687. The SMILES string of the molecule is CC(C)(S)C(N)P. The molecule has 0 saturated carbocycles. The van der Waals surface area contributed by atoms with Crippen molar-refractivity contribution in [2.24, 2.45) is 5.73 Å². The molecule has 2 N–H and O–H groups in total. The maximum atomic E-state index is 5.46. The predicted octanol–water partition coefficient (Wildman–Crippen LogP) is 0.855. The van der Waals surface area contributed by atoms with E-state index >= 15 is 0 Å². The van der Waals surface area contributed by atoms with Gasteiger partial charge in [0.05, 0.1) is 0 Å². The number of thiol groups is 1. The lowest BCUT2D eigenvalue weighted by Crippen LogP contribution is -2.32. The highest BCUT2D eigenvalue weighted by Crippen LogP contribution is 2.19. The van der Waals surface area contributed by atoms with Gasteiger partial charge >= 0.3 is 0 Å². The molecule has 1 nitrogen and oxygen atoms in total. The first-order valence-electron chi connectivity index (χ1n) is 2.18. The molecular formula is C4H12NPS. The van der Waals surface area contributed by atoms with E-state index in [9.17, 15) is 0 Å². The van der Waals surface area contributed by atoms with E-state index in [2.05, 4.69) is 21.9 Å². The van der Waals surface area contributed by atoms with Crippen LogP contribution >= 0.6 is 21.9 Å². The van der Waals surface area contributed by atoms with Gasteiger partial charge in [-0.2, -0.15) is 12.6 Å². The summed E-state index contributed by atoms with van der Waals surface area (Å²) >= 11 is 4.20. The van der Waals surface area contributed by atoms with Crippen molar-refractivity contribution in [1.82, 2.24) is 0 Å². The Labute approximate surface area is 52.7 Å². The zero-order chi connectivity index (χ0) is 6.08. The van der Waals surface area contributed by atoms with Gasteiger partial charge in [0.1, 0.15) is 0 Å². The molecule has 2 atom stereocenters. The molecule has 0 aromatic heterocycles. The minimum absolute atomic E-state index is 0.0648. The second-order valence-corrected chi connectivity index (χ2v) is 4.05. The van der Waals surface area contributed by atoms with Crippen molar-refractivity contribution < 1.29 is 0 Å². The van der Waals surface area contributed by atoms with Crippen LogP contribution in [-0.4, -0.2) is 10.5 Å². The van der Waals surface area contributed by atoms with Crippen LogP contribution in [0.2, 0.25) is 0 Å². The summed E-state index contributed by atoms with van der Waals surface area (Å²) < 4.78 is -0.0648. The first-order chi connectivity index (χ1) is 2.94. The van der Waals surface area contributed by atoms with Crippen LogP contribution in [0.3, 0.4) is 0 Å². The van der Waals surface area contributed by atoms with Gasteiger partial charge in [-0.3, -0.25) is 0 Å². The molecule has 0 bridgehead atoms. The molecule has 44 valence electrons. The van der Waals surface area contributed by atoms with Crippen LogP contribution in [0, 0.1) is 0 Å². The third kappa shape index (κ3) is 3.33. The minimum atomic E-state index is -0.0648. The Hall–Kier alpha value is 0.740. The molecule has 0 heterocycles. The monoisotopic (exact) mass is 137 g/mol. The van der Waals surface area contributed by atoms with E-state index in [4.69, 9.17) is 5.73 Å². The highest BCUT2D eigenvalue weighted by molar-refractivity contribution is 7.82. The second-order valence-electron chi connectivity index (χ2n) is 2.18.